The molecule has 0 unspecified atom stereocenters. The Labute approximate surface area is 107 Å². The molecule has 1 aromatic carbocycles. The van der Waals surface area contributed by atoms with Crippen LogP contribution >= 0.6 is 0 Å². The number of benzene rings is 1. The number of fused-ring (bicyclic) bond motifs is 1. The quantitative estimate of drug-likeness (QED) is 0.897. The van der Waals surface area contributed by atoms with Crippen molar-refractivity contribution in [1.29, 1.82) is 0 Å². The largest absolute Gasteiger partial charge is 0.481 e. The zero-order chi connectivity index (χ0) is 14.2. The third-order valence-corrected chi connectivity index (χ3v) is 2.93. The third-order valence-electron chi connectivity index (χ3n) is 2.93. The average molecular weight is 271 g/mol. The van der Waals surface area contributed by atoms with Crippen molar-refractivity contribution in [2.24, 2.45) is 0 Å². The highest BCUT2D eigenvalue weighted by molar-refractivity contribution is 5.86. The number of aliphatic carboxylic acids is 1. The normalized spacial score (nSPS) is 12.0. The lowest BCUT2D eigenvalue weighted by molar-refractivity contribution is -0.142. The molecule has 0 spiro atoms. The third kappa shape index (κ3) is 2.72. The molecule has 0 saturated heterocycles. The van der Waals surface area contributed by atoms with E-state index in [0.717, 1.165) is 5.56 Å². The van der Waals surface area contributed by atoms with E-state index in [0.29, 0.717) is 10.9 Å². The second-order valence-electron chi connectivity index (χ2n) is 4.42. The van der Waals surface area contributed by atoms with Crippen molar-refractivity contribution in [1.82, 2.24) is 4.98 Å². The molecule has 1 heterocycles. The highest BCUT2D eigenvalue weighted by atomic mass is 19.4. The van der Waals surface area contributed by atoms with E-state index in [1.165, 1.54) is 0 Å². The van der Waals surface area contributed by atoms with Gasteiger partial charge in [0.1, 0.15) is 5.69 Å². The topological polar surface area (TPSA) is 53.1 Å². The van der Waals surface area contributed by atoms with Gasteiger partial charge in [0.25, 0.3) is 0 Å². The van der Waals surface area contributed by atoms with E-state index in [9.17, 15) is 18.0 Å². The lowest BCUT2D eigenvalue weighted by atomic mass is 10.0. The Bertz CT molecular complexity index is 629. The molecule has 1 aromatic heterocycles. The molecular weight excluding hydrogens is 259 g/mol. The molecule has 0 amide bonds. The number of aryl methyl sites for hydroxylation is 2. The van der Waals surface area contributed by atoms with Gasteiger partial charge in [0.2, 0.25) is 0 Å². The number of carboxylic acid groups (broad SMARTS) is 1. The van der Waals surface area contributed by atoms with Gasteiger partial charge in [-0.15, -0.1) is 0 Å². The summed E-state index contributed by atoms with van der Waals surface area (Å²) in [4.78, 5) is 12.9. The second-order valence-corrected chi connectivity index (χ2v) is 4.42. The maximum absolute atomic E-state index is 12.9. The Balaban J connectivity index is 2.58. The number of hydrogen-bond donors (Lipinski definition) is 2. The van der Waals surface area contributed by atoms with Crippen molar-refractivity contribution in [2.45, 2.75) is 25.9 Å². The lowest BCUT2D eigenvalue weighted by Gasteiger charge is -2.07. The Kier molecular flexibility index (Phi) is 3.26. The highest BCUT2D eigenvalue weighted by Gasteiger charge is 2.36. The summed E-state index contributed by atoms with van der Waals surface area (Å²) in [6.07, 6.45) is -4.99. The molecule has 0 aliphatic heterocycles. The van der Waals surface area contributed by atoms with Crippen LogP contribution in [0, 0.1) is 6.92 Å². The SMILES string of the molecule is Cc1ccc2c(CCC(=O)O)c(C(F)(F)F)[nH]c2c1. The minimum atomic E-state index is -4.51. The van der Waals surface area contributed by atoms with Crippen LogP contribution in [0.3, 0.4) is 0 Å². The number of H-pyrrole nitrogens is 1. The number of nitrogens with one attached hydrogen (secondary N) is 1. The van der Waals surface area contributed by atoms with Gasteiger partial charge in [0, 0.05) is 17.3 Å². The molecule has 0 aliphatic rings. The molecule has 0 radical (unpaired) electrons. The number of carbonyl (C=O) groups is 1. The number of aromatic nitrogens is 1. The van der Waals surface area contributed by atoms with Crippen LogP contribution < -0.4 is 0 Å². The minimum absolute atomic E-state index is 0.0184. The summed E-state index contributed by atoms with van der Waals surface area (Å²) in [6.45, 7) is 1.78. The van der Waals surface area contributed by atoms with Crippen molar-refractivity contribution in [2.75, 3.05) is 0 Å². The molecule has 0 saturated carbocycles. The maximum atomic E-state index is 12.9. The van der Waals surface area contributed by atoms with E-state index in [4.69, 9.17) is 5.11 Å². The van der Waals surface area contributed by atoms with Gasteiger partial charge in [-0.2, -0.15) is 13.2 Å². The van der Waals surface area contributed by atoms with Gasteiger partial charge in [-0.05, 0) is 30.5 Å². The van der Waals surface area contributed by atoms with Crippen LogP contribution in [0.15, 0.2) is 18.2 Å². The molecular formula is C13H12F3NO2. The molecule has 2 N–H and O–H groups in total. The Morgan fingerprint density at radius 1 is 1.37 bits per heavy atom. The van der Waals surface area contributed by atoms with Crippen molar-refractivity contribution in [3.8, 4) is 0 Å². The van der Waals surface area contributed by atoms with Crippen LogP contribution in [0.5, 0.6) is 0 Å². The first kappa shape index (κ1) is 13.5. The first-order chi connectivity index (χ1) is 8.79. The van der Waals surface area contributed by atoms with Crippen LogP contribution in [0.1, 0.15) is 23.2 Å². The summed E-state index contributed by atoms with van der Waals surface area (Å²) in [6, 6.07) is 4.92. The van der Waals surface area contributed by atoms with Crippen LogP contribution in [-0.4, -0.2) is 16.1 Å². The van der Waals surface area contributed by atoms with Gasteiger partial charge in [-0.3, -0.25) is 4.79 Å². The zero-order valence-electron chi connectivity index (χ0n) is 10.1. The summed E-state index contributed by atoms with van der Waals surface area (Å²) in [5.74, 6) is -1.12. The lowest BCUT2D eigenvalue weighted by Crippen LogP contribution is -2.10. The Hall–Kier alpha value is -1.98. The number of rotatable bonds is 3. The molecule has 0 aliphatic carbocycles. The molecule has 19 heavy (non-hydrogen) atoms. The fourth-order valence-corrected chi connectivity index (χ4v) is 2.10. The van der Waals surface area contributed by atoms with E-state index >= 15 is 0 Å². The van der Waals surface area contributed by atoms with Crippen molar-refractivity contribution < 1.29 is 23.1 Å². The summed E-state index contributed by atoms with van der Waals surface area (Å²) in [7, 11) is 0. The molecule has 0 bridgehead atoms. The summed E-state index contributed by atoms with van der Waals surface area (Å²) < 4.78 is 38.8. The van der Waals surface area contributed by atoms with Crippen molar-refractivity contribution >= 4 is 16.9 Å². The van der Waals surface area contributed by atoms with Gasteiger partial charge in [0.05, 0.1) is 0 Å². The maximum Gasteiger partial charge on any atom is 0.431 e. The fourth-order valence-electron chi connectivity index (χ4n) is 2.10. The van der Waals surface area contributed by atoms with E-state index in [1.54, 1.807) is 25.1 Å². The van der Waals surface area contributed by atoms with Crippen LogP contribution in [0.25, 0.3) is 10.9 Å². The highest BCUT2D eigenvalue weighted by Crippen LogP contribution is 2.36. The predicted octanol–water partition coefficient (Wildman–Crippen LogP) is 3.51. The number of carboxylic acids is 1. The van der Waals surface area contributed by atoms with Gasteiger partial charge < -0.3 is 10.1 Å². The monoisotopic (exact) mass is 271 g/mol. The van der Waals surface area contributed by atoms with Crippen LogP contribution in [0.2, 0.25) is 0 Å². The average Bonchev–Trinajstić information content (AvgIpc) is 2.63. The van der Waals surface area contributed by atoms with Crippen molar-refractivity contribution in [3.05, 3.63) is 35.0 Å². The smallest absolute Gasteiger partial charge is 0.431 e. The minimum Gasteiger partial charge on any atom is -0.481 e. The standard InChI is InChI=1S/C13H12F3NO2/c1-7-2-3-8-9(4-5-11(18)19)12(13(14,15)16)17-10(8)6-7/h2-3,6,17H,4-5H2,1H3,(H,18,19). The fraction of sp³-hybridized carbons (Fsp3) is 0.308. The van der Waals surface area contributed by atoms with E-state index in [2.05, 4.69) is 4.98 Å². The van der Waals surface area contributed by atoms with Crippen molar-refractivity contribution in [3.63, 3.8) is 0 Å². The molecule has 0 fully saturated rings. The summed E-state index contributed by atoms with van der Waals surface area (Å²) >= 11 is 0. The van der Waals surface area contributed by atoms with E-state index < -0.39 is 17.8 Å². The first-order valence-corrected chi connectivity index (χ1v) is 5.69. The van der Waals surface area contributed by atoms with E-state index in [-0.39, 0.29) is 18.4 Å². The molecule has 2 rings (SSSR count). The van der Waals surface area contributed by atoms with Crippen LogP contribution in [0.4, 0.5) is 13.2 Å². The zero-order valence-corrected chi connectivity index (χ0v) is 10.1. The number of alkyl halides is 3. The van der Waals surface area contributed by atoms with Gasteiger partial charge in [0.15, 0.2) is 0 Å². The predicted molar refractivity (Wildman–Crippen MR) is 64.0 cm³/mol. The second kappa shape index (κ2) is 4.60. The number of halogens is 3. The van der Waals surface area contributed by atoms with E-state index in [1.807, 2.05) is 0 Å². The molecule has 6 heteroatoms. The first-order valence-electron chi connectivity index (χ1n) is 5.69. The molecule has 0 atom stereocenters. The Morgan fingerprint density at radius 3 is 2.63 bits per heavy atom. The van der Waals surface area contributed by atoms with Gasteiger partial charge in [-0.1, -0.05) is 12.1 Å². The number of hydrogen-bond acceptors (Lipinski definition) is 1. The molecule has 3 nitrogen and oxygen atoms in total. The molecule has 102 valence electrons. The van der Waals surface area contributed by atoms with Gasteiger partial charge in [-0.25, -0.2) is 0 Å². The van der Waals surface area contributed by atoms with Crippen LogP contribution in [-0.2, 0) is 17.4 Å². The summed E-state index contributed by atoms with van der Waals surface area (Å²) in [5.41, 5.74) is 0.388. The molecule has 2 aromatic rings. The Morgan fingerprint density at radius 2 is 2.05 bits per heavy atom. The van der Waals surface area contributed by atoms with Gasteiger partial charge >= 0.3 is 12.1 Å². The number of aromatic amines is 1. The summed E-state index contributed by atoms with van der Waals surface area (Å²) in [5, 5.41) is 9.06.